The molecule has 0 aliphatic carbocycles. The van der Waals surface area contributed by atoms with E-state index in [1.165, 1.54) is 6.42 Å². The second-order valence-electron chi connectivity index (χ2n) is 5.48. The van der Waals surface area contributed by atoms with E-state index in [1.54, 1.807) is 0 Å². The molecule has 1 aromatic rings. The molecule has 1 aromatic carbocycles. The molecular formula is C16H28N2O. The number of nitrogens with zero attached hydrogens (tertiary/aromatic N) is 1. The first kappa shape index (κ1) is 16.0. The molecule has 0 fully saturated rings. The van der Waals surface area contributed by atoms with Gasteiger partial charge in [0.2, 0.25) is 0 Å². The van der Waals surface area contributed by atoms with E-state index in [1.807, 2.05) is 25.1 Å². The van der Waals surface area contributed by atoms with Crippen LogP contribution in [-0.2, 0) is 0 Å². The van der Waals surface area contributed by atoms with E-state index < -0.39 is 0 Å². The van der Waals surface area contributed by atoms with Crippen LogP contribution in [0.1, 0.15) is 44.4 Å². The lowest BCUT2D eigenvalue weighted by atomic mass is 10.1. The largest absolute Gasteiger partial charge is 0.508 e. The molecule has 0 radical (unpaired) electrons. The molecule has 0 aromatic heterocycles. The van der Waals surface area contributed by atoms with E-state index in [4.69, 9.17) is 0 Å². The molecule has 19 heavy (non-hydrogen) atoms. The number of hydrogen-bond acceptors (Lipinski definition) is 3. The van der Waals surface area contributed by atoms with Crippen LogP contribution in [0, 0.1) is 6.92 Å². The number of phenols is 1. The van der Waals surface area contributed by atoms with Crippen molar-refractivity contribution in [1.82, 2.24) is 10.2 Å². The van der Waals surface area contributed by atoms with Crippen LogP contribution in [0.5, 0.6) is 5.75 Å². The zero-order chi connectivity index (χ0) is 14.4. The van der Waals surface area contributed by atoms with Gasteiger partial charge in [-0.2, -0.15) is 0 Å². The number of phenolic OH excluding ortho intramolecular Hbond substituents is 1. The van der Waals surface area contributed by atoms with Gasteiger partial charge in [-0.3, -0.25) is 0 Å². The summed E-state index contributed by atoms with van der Waals surface area (Å²) >= 11 is 0. The first-order chi connectivity index (χ1) is 8.95. The fourth-order valence-electron chi connectivity index (χ4n) is 2.12. The second-order valence-corrected chi connectivity index (χ2v) is 5.48. The monoisotopic (exact) mass is 264 g/mol. The molecule has 2 N–H and O–H groups in total. The Hall–Kier alpha value is -1.06. The molecule has 2 unspecified atom stereocenters. The molecule has 108 valence electrons. The Morgan fingerprint density at radius 3 is 2.58 bits per heavy atom. The summed E-state index contributed by atoms with van der Waals surface area (Å²) in [7, 11) is 2.16. The maximum atomic E-state index is 9.95. The van der Waals surface area contributed by atoms with Crippen LogP contribution in [0.15, 0.2) is 18.2 Å². The molecule has 3 nitrogen and oxygen atoms in total. The van der Waals surface area contributed by atoms with Crippen molar-refractivity contribution in [2.75, 3.05) is 20.1 Å². The van der Waals surface area contributed by atoms with Crippen LogP contribution in [-0.4, -0.2) is 36.2 Å². The molecule has 0 saturated heterocycles. The maximum absolute atomic E-state index is 9.95. The number of likely N-dealkylation sites (N-methyl/N-ethyl adjacent to an activating group) is 1. The molecule has 0 saturated carbocycles. The highest BCUT2D eigenvalue weighted by Crippen LogP contribution is 2.24. The number of rotatable bonds is 7. The molecule has 0 aliphatic heterocycles. The highest BCUT2D eigenvalue weighted by molar-refractivity contribution is 5.37. The summed E-state index contributed by atoms with van der Waals surface area (Å²) < 4.78 is 0. The van der Waals surface area contributed by atoms with Gasteiger partial charge in [0.25, 0.3) is 0 Å². The predicted octanol–water partition coefficient (Wildman–Crippen LogP) is 3.08. The normalized spacial score (nSPS) is 14.6. The average molecular weight is 264 g/mol. The standard InChI is InChI=1S/C16H28N2O/c1-6-13(3)18(5)10-9-17-14(4)15-8-7-12(2)11-16(15)19/h7-8,11,13-14,17,19H,6,9-10H2,1-5H3. The Kier molecular flexibility index (Phi) is 6.32. The molecular weight excluding hydrogens is 236 g/mol. The van der Waals surface area contributed by atoms with Crippen LogP contribution in [0.4, 0.5) is 0 Å². The molecule has 0 aliphatic rings. The van der Waals surface area contributed by atoms with Crippen LogP contribution >= 0.6 is 0 Å². The van der Waals surface area contributed by atoms with E-state index in [2.05, 4.69) is 38.0 Å². The van der Waals surface area contributed by atoms with Gasteiger partial charge in [0, 0.05) is 30.7 Å². The molecule has 0 amide bonds. The third kappa shape index (κ3) is 4.84. The number of aromatic hydroxyl groups is 1. The summed E-state index contributed by atoms with van der Waals surface area (Å²) in [5.41, 5.74) is 2.06. The molecule has 0 spiro atoms. The molecule has 3 heteroatoms. The van der Waals surface area contributed by atoms with Gasteiger partial charge in [-0.15, -0.1) is 0 Å². The third-order valence-corrected chi connectivity index (χ3v) is 3.91. The summed E-state index contributed by atoms with van der Waals surface area (Å²) in [6.07, 6.45) is 1.17. The van der Waals surface area contributed by atoms with Gasteiger partial charge in [-0.25, -0.2) is 0 Å². The first-order valence-electron chi connectivity index (χ1n) is 7.18. The van der Waals surface area contributed by atoms with Gasteiger partial charge < -0.3 is 15.3 Å². The van der Waals surface area contributed by atoms with Crippen LogP contribution in [0.2, 0.25) is 0 Å². The van der Waals surface area contributed by atoms with E-state index >= 15 is 0 Å². The minimum atomic E-state index is 0.172. The summed E-state index contributed by atoms with van der Waals surface area (Å²) in [5.74, 6) is 0.385. The molecule has 2 atom stereocenters. The second kappa shape index (κ2) is 7.51. The Morgan fingerprint density at radius 2 is 2.00 bits per heavy atom. The smallest absolute Gasteiger partial charge is 0.120 e. The zero-order valence-corrected chi connectivity index (χ0v) is 12.9. The average Bonchev–Trinajstić information content (AvgIpc) is 2.37. The zero-order valence-electron chi connectivity index (χ0n) is 12.9. The lowest BCUT2D eigenvalue weighted by Crippen LogP contribution is -2.35. The highest BCUT2D eigenvalue weighted by atomic mass is 16.3. The molecule has 0 heterocycles. The van der Waals surface area contributed by atoms with Gasteiger partial charge in [0.15, 0.2) is 0 Å². The minimum Gasteiger partial charge on any atom is -0.508 e. The Labute approximate surface area is 117 Å². The number of aryl methyl sites for hydroxylation is 1. The predicted molar refractivity (Wildman–Crippen MR) is 81.6 cm³/mol. The Morgan fingerprint density at radius 1 is 1.32 bits per heavy atom. The van der Waals surface area contributed by atoms with Gasteiger partial charge >= 0.3 is 0 Å². The van der Waals surface area contributed by atoms with Gasteiger partial charge in [0.1, 0.15) is 5.75 Å². The van der Waals surface area contributed by atoms with E-state index in [-0.39, 0.29) is 6.04 Å². The van der Waals surface area contributed by atoms with E-state index in [0.717, 1.165) is 24.2 Å². The van der Waals surface area contributed by atoms with E-state index in [9.17, 15) is 5.11 Å². The van der Waals surface area contributed by atoms with E-state index in [0.29, 0.717) is 11.8 Å². The maximum Gasteiger partial charge on any atom is 0.120 e. The number of hydrogen-bond donors (Lipinski definition) is 2. The van der Waals surface area contributed by atoms with Gasteiger partial charge in [-0.1, -0.05) is 19.1 Å². The highest BCUT2D eigenvalue weighted by Gasteiger charge is 2.11. The topological polar surface area (TPSA) is 35.5 Å². The Bertz CT molecular complexity index is 392. The van der Waals surface area contributed by atoms with Crippen molar-refractivity contribution in [3.63, 3.8) is 0 Å². The van der Waals surface area contributed by atoms with Crippen molar-refractivity contribution in [2.45, 2.75) is 46.2 Å². The number of nitrogens with one attached hydrogen (secondary N) is 1. The summed E-state index contributed by atoms with van der Waals surface area (Å²) in [6, 6.07) is 6.65. The van der Waals surface area contributed by atoms with Crippen molar-refractivity contribution in [1.29, 1.82) is 0 Å². The van der Waals surface area contributed by atoms with Crippen molar-refractivity contribution in [2.24, 2.45) is 0 Å². The SMILES string of the molecule is CCC(C)N(C)CCNC(C)c1ccc(C)cc1O. The van der Waals surface area contributed by atoms with Crippen LogP contribution in [0.25, 0.3) is 0 Å². The number of benzene rings is 1. The molecule has 1 rings (SSSR count). The fourth-order valence-corrected chi connectivity index (χ4v) is 2.12. The summed E-state index contributed by atoms with van der Waals surface area (Å²) in [6.45, 7) is 10.5. The summed E-state index contributed by atoms with van der Waals surface area (Å²) in [5, 5.41) is 13.4. The van der Waals surface area contributed by atoms with Crippen molar-refractivity contribution >= 4 is 0 Å². The van der Waals surface area contributed by atoms with Crippen LogP contribution < -0.4 is 5.32 Å². The quantitative estimate of drug-likeness (QED) is 0.794. The van der Waals surface area contributed by atoms with Gasteiger partial charge in [0.05, 0.1) is 0 Å². The van der Waals surface area contributed by atoms with Crippen molar-refractivity contribution in [3.05, 3.63) is 29.3 Å². The summed E-state index contributed by atoms with van der Waals surface area (Å²) in [4.78, 5) is 2.36. The van der Waals surface area contributed by atoms with Crippen molar-refractivity contribution in [3.8, 4) is 5.75 Å². The van der Waals surface area contributed by atoms with Crippen molar-refractivity contribution < 1.29 is 5.11 Å². The fraction of sp³-hybridized carbons (Fsp3) is 0.625. The lowest BCUT2D eigenvalue weighted by molar-refractivity contribution is 0.249. The van der Waals surface area contributed by atoms with Gasteiger partial charge in [-0.05, 0) is 45.9 Å². The first-order valence-corrected chi connectivity index (χ1v) is 7.18. The third-order valence-electron chi connectivity index (χ3n) is 3.91. The lowest BCUT2D eigenvalue weighted by Gasteiger charge is -2.24. The minimum absolute atomic E-state index is 0.172. The molecule has 0 bridgehead atoms. The Balaban J connectivity index is 2.45. The van der Waals surface area contributed by atoms with Crippen LogP contribution in [0.3, 0.4) is 0 Å².